The zero-order valence-corrected chi connectivity index (χ0v) is 13.8. The van der Waals surface area contributed by atoms with Gasteiger partial charge in [-0.15, -0.1) is 11.3 Å². The first kappa shape index (κ1) is 14.5. The van der Waals surface area contributed by atoms with Crippen LogP contribution in [-0.4, -0.2) is 5.92 Å². The van der Waals surface area contributed by atoms with Gasteiger partial charge in [-0.05, 0) is 41.2 Å². The molecule has 1 saturated carbocycles. The van der Waals surface area contributed by atoms with Crippen LogP contribution in [0.2, 0.25) is 0 Å². The highest BCUT2D eigenvalue weighted by atomic mass is 32.1. The van der Waals surface area contributed by atoms with Gasteiger partial charge in [-0.1, -0.05) is 34.6 Å². The molecule has 2 atom stereocenters. The number of alkyl halides is 2. The van der Waals surface area contributed by atoms with Gasteiger partial charge in [-0.3, -0.25) is 0 Å². The molecule has 20 heavy (non-hydrogen) atoms. The van der Waals surface area contributed by atoms with Gasteiger partial charge in [0.25, 0.3) is 5.92 Å². The molecule has 0 aliphatic heterocycles. The van der Waals surface area contributed by atoms with E-state index in [0.717, 1.165) is 12.0 Å². The summed E-state index contributed by atoms with van der Waals surface area (Å²) in [6.07, 6.45) is 1.66. The smallest absolute Gasteiger partial charge is 0.206 e. The molecule has 112 valence electrons. The Morgan fingerprint density at radius 3 is 2.45 bits per heavy atom. The van der Waals surface area contributed by atoms with Crippen molar-refractivity contribution in [2.75, 3.05) is 0 Å². The molecule has 0 saturated heterocycles. The molecule has 0 aromatic carbocycles. The molecular formula is C17H24F2S. The van der Waals surface area contributed by atoms with Crippen LogP contribution in [0.5, 0.6) is 0 Å². The van der Waals surface area contributed by atoms with Gasteiger partial charge in [0.2, 0.25) is 0 Å². The van der Waals surface area contributed by atoms with Gasteiger partial charge in [0.1, 0.15) is 0 Å². The third-order valence-corrected chi connectivity index (χ3v) is 6.81. The molecule has 0 amide bonds. The monoisotopic (exact) mass is 298 g/mol. The average Bonchev–Trinajstić information content (AvgIpc) is 2.86. The SMILES string of the molecule is CC(C)c1sc(C(C)(C)C)c2c1C1C(CCC1(F)F)C2. The molecular weight excluding hydrogens is 274 g/mol. The van der Waals surface area contributed by atoms with Crippen molar-refractivity contribution >= 4 is 11.3 Å². The van der Waals surface area contributed by atoms with Crippen LogP contribution in [0.1, 0.15) is 80.2 Å². The highest BCUT2D eigenvalue weighted by molar-refractivity contribution is 7.12. The normalized spacial score (nSPS) is 28.0. The number of hydrogen-bond donors (Lipinski definition) is 0. The van der Waals surface area contributed by atoms with Crippen molar-refractivity contribution in [3.05, 3.63) is 20.9 Å². The van der Waals surface area contributed by atoms with Crippen LogP contribution in [0, 0.1) is 5.92 Å². The van der Waals surface area contributed by atoms with E-state index in [0.29, 0.717) is 12.3 Å². The quantitative estimate of drug-likeness (QED) is 0.609. The lowest BCUT2D eigenvalue weighted by molar-refractivity contribution is -0.0127. The van der Waals surface area contributed by atoms with Gasteiger partial charge in [-0.2, -0.15) is 0 Å². The number of fused-ring (bicyclic) bond motifs is 3. The van der Waals surface area contributed by atoms with E-state index in [1.165, 1.54) is 15.3 Å². The lowest BCUT2D eigenvalue weighted by atomic mass is 9.88. The van der Waals surface area contributed by atoms with Crippen molar-refractivity contribution in [2.45, 2.75) is 77.1 Å². The molecule has 3 heteroatoms. The molecule has 2 unspecified atom stereocenters. The minimum Gasteiger partial charge on any atom is -0.206 e. The molecule has 1 aromatic rings. The van der Waals surface area contributed by atoms with Gasteiger partial charge in [0.15, 0.2) is 0 Å². The maximum atomic E-state index is 14.3. The number of halogens is 2. The van der Waals surface area contributed by atoms with E-state index in [-0.39, 0.29) is 17.8 Å². The highest BCUT2D eigenvalue weighted by Gasteiger charge is 2.56. The fraction of sp³-hybridized carbons (Fsp3) is 0.765. The molecule has 3 rings (SSSR count). The van der Waals surface area contributed by atoms with E-state index in [1.807, 2.05) is 0 Å². The Hall–Kier alpha value is -0.440. The molecule has 0 radical (unpaired) electrons. The summed E-state index contributed by atoms with van der Waals surface area (Å²) >= 11 is 1.79. The van der Waals surface area contributed by atoms with Gasteiger partial charge in [0.05, 0.1) is 5.92 Å². The third kappa shape index (κ3) is 1.96. The second-order valence-electron chi connectivity index (χ2n) is 7.83. The summed E-state index contributed by atoms with van der Waals surface area (Å²) in [5.74, 6) is -2.46. The molecule has 0 nitrogen and oxygen atoms in total. The fourth-order valence-corrected chi connectivity index (χ4v) is 5.49. The third-order valence-electron chi connectivity index (χ3n) is 4.83. The zero-order chi connectivity index (χ0) is 14.9. The Labute approximate surface area is 124 Å². The Bertz CT molecular complexity index is 534. The summed E-state index contributed by atoms with van der Waals surface area (Å²) in [4.78, 5) is 2.57. The van der Waals surface area contributed by atoms with Crippen LogP contribution >= 0.6 is 11.3 Å². The molecule has 1 fully saturated rings. The van der Waals surface area contributed by atoms with E-state index >= 15 is 0 Å². The van der Waals surface area contributed by atoms with Gasteiger partial charge in [0, 0.05) is 16.2 Å². The summed E-state index contributed by atoms with van der Waals surface area (Å²) in [6.45, 7) is 10.9. The van der Waals surface area contributed by atoms with Gasteiger partial charge >= 0.3 is 0 Å². The zero-order valence-electron chi connectivity index (χ0n) is 13.0. The molecule has 0 N–H and O–H groups in total. The molecule has 0 spiro atoms. The van der Waals surface area contributed by atoms with Crippen molar-refractivity contribution in [1.82, 2.24) is 0 Å². The van der Waals surface area contributed by atoms with Crippen LogP contribution in [0.25, 0.3) is 0 Å². The minimum absolute atomic E-state index is 0.0653. The summed E-state index contributed by atoms with van der Waals surface area (Å²) in [5.41, 5.74) is 2.39. The van der Waals surface area contributed by atoms with E-state index in [9.17, 15) is 8.78 Å². The molecule has 2 aliphatic carbocycles. The van der Waals surface area contributed by atoms with E-state index in [1.54, 1.807) is 11.3 Å². The lowest BCUT2D eigenvalue weighted by Gasteiger charge is -2.21. The molecule has 1 heterocycles. The standard InChI is InChI=1S/C17H24F2S/c1-9(2)14-12-11(15(20-14)16(3,4)5)8-10-6-7-17(18,19)13(10)12/h9-10,13H,6-8H2,1-5H3. The van der Waals surface area contributed by atoms with E-state index < -0.39 is 11.8 Å². The Balaban J connectivity index is 2.19. The van der Waals surface area contributed by atoms with Gasteiger partial charge in [-0.25, -0.2) is 8.78 Å². The van der Waals surface area contributed by atoms with Crippen molar-refractivity contribution < 1.29 is 8.78 Å². The van der Waals surface area contributed by atoms with Crippen molar-refractivity contribution in [3.63, 3.8) is 0 Å². The Morgan fingerprint density at radius 2 is 1.90 bits per heavy atom. The number of rotatable bonds is 1. The predicted molar refractivity (Wildman–Crippen MR) is 81.2 cm³/mol. The van der Waals surface area contributed by atoms with Crippen molar-refractivity contribution in [2.24, 2.45) is 5.92 Å². The second kappa shape index (κ2) is 4.28. The lowest BCUT2D eigenvalue weighted by Crippen LogP contribution is -2.21. The maximum absolute atomic E-state index is 14.3. The van der Waals surface area contributed by atoms with Gasteiger partial charge < -0.3 is 0 Å². The highest BCUT2D eigenvalue weighted by Crippen LogP contribution is 2.61. The Morgan fingerprint density at radius 1 is 1.25 bits per heavy atom. The molecule has 2 aliphatic rings. The van der Waals surface area contributed by atoms with E-state index in [2.05, 4.69) is 34.6 Å². The van der Waals surface area contributed by atoms with Crippen LogP contribution in [-0.2, 0) is 11.8 Å². The average molecular weight is 298 g/mol. The largest absolute Gasteiger partial charge is 0.255 e. The first-order chi connectivity index (χ1) is 9.13. The number of hydrogen-bond acceptors (Lipinski definition) is 1. The van der Waals surface area contributed by atoms with Crippen LogP contribution in [0.4, 0.5) is 8.78 Å². The maximum Gasteiger partial charge on any atom is 0.255 e. The first-order valence-corrected chi connectivity index (χ1v) is 8.48. The predicted octanol–water partition coefficient (Wildman–Crippen LogP) is 5.85. The minimum atomic E-state index is -2.49. The van der Waals surface area contributed by atoms with Crippen molar-refractivity contribution in [1.29, 1.82) is 0 Å². The van der Waals surface area contributed by atoms with Crippen LogP contribution in [0.15, 0.2) is 0 Å². The number of thiophene rings is 1. The van der Waals surface area contributed by atoms with Crippen LogP contribution < -0.4 is 0 Å². The molecule has 1 aromatic heterocycles. The summed E-state index contributed by atoms with van der Waals surface area (Å²) < 4.78 is 28.7. The topological polar surface area (TPSA) is 0 Å². The summed E-state index contributed by atoms with van der Waals surface area (Å²) in [6, 6.07) is 0. The Kier molecular flexibility index (Phi) is 3.10. The van der Waals surface area contributed by atoms with Crippen molar-refractivity contribution in [3.8, 4) is 0 Å². The first-order valence-electron chi connectivity index (χ1n) is 7.66. The second-order valence-corrected chi connectivity index (χ2v) is 8.89. The van der Waals surface area contributed by atoms with E-state index in [4.69, 9.17) is 0 Å². The summed E-state index contributed by atoms with van der Waals surface area (Å²) in [7, 11) is 0. The van der Waals surface area contributed by atoms with Crippen LogP contribution in [0.3, 0.4) is 0 Å². The molecule has 0 bridgehead atoms. The fourth-order valence-electron chi connectivity index (χ4n) is 4.05. The summed E-state index contributed by atoms with van der Waals surface area (Å²) in [5, 5.41) is 0.